The molecule has 2 aromatic rings. The predicted molar refractivity (Wildman–Crippen MR) is 110 cm³/mol. The van der Waals surface area contributed by atoms with Crippen molar-refractivity contribution in [1.82, 2.24) is 4.98 Å². The number of benzene rings is 1. The summed E-state index contributed by atoms with van der Waals surface area (Å²) in [6.45, 7) is 1.57. The molecule has 29 heavy (non-hydrogen) atoms. The molecule has 4 rings (SSSR count). The van der Waals surface area contributed by atoms with Gasteiger partial charge in [0.2, 0.25) is 5.91 Å². The molecule has 0 spiro atoms. The number of fused-ring (bicyclic) bond motifs is 2. The molecule has 2 aliphatic carbocycles. The molecule has 0 N–H and O–H groups in total. The third-order valence-electron chi connectivity index (χ3n) is 5.80. The minimum Gasteiger partial charge on any atom is -0.459 e. The first kappa shape index (κ1) is 19.8. The van der Waals surface area contributed by atoms with E-state index in [1.807, 2.05) is 30.3 Å². The maximum atomic E-state index is 12.6. The standard InChI is InChI=1S/C22H24N2O4S/c1-14(25)24(19-8-3-2-4-9-19)22-23-18(13-29-22)12-28-21(27)17-10-15-6-5-7-16(11-17)20(15)26/h2-4,8-9,13,15-17H,5-7,10-12H2,1H3. The van der Waals surface area contributed by atoms with Crippen LogP contribution in [0.3, 0.4) is 0 Å². The third kappa shape index (κ3) is 4.24. The van der Waals surface area contributed by atoms with E-state index in [9.17, 15) is 14.4 Å². The summed E-state index contributed by atoms with van der Waals surface area (Å²) in [5.41, 5.74) is 1.36. The number of aromatic nitrogens is 1. The highest BCUT2D eigenvalue weighted by atomic mass is 32.1. The van der Waals surface area contributed by atoms with Gasteiger partial charge in [-0.25, -0.2) is 4.98 Å². The first-order chi connectivity index (χ1) is 14.0. The molecule has 6 nitrogen and oxygen atoms in total. The summed E-state index contributed by atoms with van der Waals surface area (Å²) >= 11 is 1.34. The Morgan fingerprint density at radius 1 is 1.17 bits per heavy atom. The highest BCUT2D eigenvalue weighted by Gasteiger charge is 2.41. The Balaban J connectivity index is 1.39. The van der Waals surface area contributed by atoms with Crippen LogP contribution in [0.25, 0.3) is 0 Å². The number of ether oxygens (including phenoxy) is 1. The Morgan fingerprint density at radius 3 is 2.52 bits per heavy atom. The number of ketones is 1. The minimum absolute atomic E-state index is 0.0286. The van der Waals surface area contributed by atoms with Gasteiger partial charge in [0, 0.05) is 24.1 Å². The number of rotatable bonds is 5. The summed E-state index contributed by atoms with van der Waals surface area (Å²) in [7, 11) is 0. The maximum absolute atomic E-state index is 12.6. The van der Waals surface area contributed by atoms with E-state index < -0.39 is 0 Å². The summed E-state index contributed by atoms with van der Waals surface area (Å²) in [6, 6.07) is 9.33. The number of anilines is 2. The zero-order valence-corrected chi connectivity index (χ0v) is 17.2. The molecule has 1 aromatic carbocycles. The largest absolute Gasteiger partial charge is 0.459 e. The number of amides is 1. The van der Waals surface area contributed by atoms with Crippen LogP contribution in [0, 0.1) is 17.8 Å². The molecule has 0 saturated heterocycles. The van der Waals surface area contributed by atoms with E-state index in [2.05, 4.69) is 4.98 Å². The highest BCUT2D eigenvalue weighted by Crippen LogP contribution is 2.40. The SMILES string of the molecule is CC(=O)N(c1ccccc1)c1nc(COC(=O)C2CC3CCCC(C2)C3=O)cs1. The third-order valence-corrected chi connectivity index (χ3v) is 6.68. The maximum Gasteiger partial charge on any atom is 0.309 e. The number of hydrogen-bond donors (Lipinski definition) is 0. The van der Waals surface area contributed by atoms with Crippen molar-refractivity contribution in [3.05, 3.63) is 41.4 Å². The van der Waals surface area contributed by atoms with Crippen molar-refractivity contribution < 1.29 is 19.1 Å². The first-order valence-electron chi connectivity index (χ1n) is 10.0. The van der Waals surface area contributed by atoms with Crippen LogP contribution in [0.15, 0.2) is 35.7 Å². The van der Waals surface area contributed by atoms with Gasteiger partial charge >= 0.3 is 5.97 Å². The van der Waals surface area contributed by atoms with E-state index >= 15 is 0 Å². The van der Waals surface area contributed by atoms with Gasteiger partial charge in [-0.1, -0.05) is 24.6 Å². The molecule has 2 fully saturated rings. The van der Waals surface area contributed by atoms with E-state index in [0.29, 0.717) is 29.5 Å². The summed E-state index contributed by atoms with van der Waals surface area (Å²) < 4.78 is 5.52. The van der Waals surface area contributed by atoms with Crippen LogP contribution < -0.4 is 4.90 Å². The average molecular weight is 413 g/mol. The molecule has 2 atom stereocenters. The fourth-order valence-electron chi connectivity index (χ4n) is 4.40. The first-order valence-corrected chi connectivity index (χ1v) is 10.9. The van der Waals surface area contributed by atoms with E-state index in [1.165, 1.54) is 18.3 Å². The van der Waals surface area contributed by atoms with Crippen LogP contribution in [0.2, 0.25) is 0 Å². The molecule has 2 bridgehead atoms. The Labute approximate surface area is 173 Å². The lowest BCUT2D eigenvalue weighted by molar-refractivity contribution is -0.154. The molecule has 2 saturated carbocycles. The molecule has 1 aromatic heterocycles. The molecular weight excluding hydrogens is 388 g/mol. The van der Waals surface area contributed by atoms with Gasteiger partial charge in [0.15, 0.2) is 5.13 Å². The Hall–Kier alpha value is -2.54. The van der Waals surface area contributed by atoms with Crippen LogP contribution in [0.5, 0.6) is 0 Å². The molecule has 7 heteroatoms. The van der Waals surface area contributed by atoms with Crippen molar-refractivity contribution in [3.63, 3.8) is 0 Å². The lowest BCUT2D eigenvalue weighted by atomic mass is 9.67. The second-order valence-electron chi connectivity index (χ2n) is 7.81. The molecule has 1 amide bonds. The quantitative estimate of drug-likeness (QED) is 0.686. The molecule has 0 radical (unpaired) electrons. The van der Waals surface area contributed by atoms with Crippen molar-refractivity contribution in [3.8, 4) is 0 Å². The molecule has 2 unspecified atom stereocenters. The smallest absolute Gasteiger partial charge is 0.309 e. The van der Waals surface area contributed by atoms with Gasteiger partial charge in [-0.15, -0.1) is 11.3 Å². The van der Waals surface area contributed by atoms with E-state index in [0.717, 1.165) is 24.9 Å². The fraction of sp³-hybridized carbons (Fsp3) is 0.455. The number of carbonyl (C=O) groups excluding carboxylic acids is 3. The number of para-hydroxylation sites is 1. The fourth-order valence-corrected chi connectivity index (χ4v) is 5.28. The van der Waals surface area contributed by atoms with Gasteiger partial charge < -0.3 is 4.74 Å². The number of hydrogen-bond acceptors (Lipinski definition) is 6. The number of Topliss-reactive ketones (excluding diaryl/α,β-unsaturated/α-hetero) is 1. The monoisotopic (exact) mass is 412 g/mol. The lowest BCUT2D eigenvalue weighted by Crippen LogP contribution is -2.39. The summed E-state index contributed by atoms with van der Waals surface area (Å²) in [6.07, 6.45) is 4.10. The highest BCUT2D eigenvalue weighted by molar-refractivity contribution is 7.14. The lowest BCUT2D eigenvalue weighted by Gasteiger charge is -2.36. The number of carbonyl (C=O) groups is 3. The van der Waals surface area contributed by atoms with Crippen molar-refractivity contribution in [2.75, 3.05) is 4.90 Å². The zero-order valence-electron chi connectivity index (χ0n) is 16.4. The molecule has 2 aliphatic rings. The van der Waals surface area contributed by atoms with Crippen molar-refractivity contribution in [1.29, 1.82) is 0 Å². The second-order valence-corrected chi connectivity index (χ2v) is 8.65. The molecule has 0 aliphatic heterocycles. The molecule has 152 valence electrons. The van der Waals surface area contributed by atoms with E-state index in [-0.39, 0.29) is 36.2 Å². The Morgan fingerprint density at radius 2 is 1.86 bits per heavy atom. The second kappa shape index (κ2) is 8.45. The normalized spacial score (nSPS) is 23.5. The van der Waals surface area contributed by atoms with Crippen molar-refractivity contribution in [2.24, 2.45) is 17.8 Å². The predicted octanol–water partition coefficient (Wildman–Crippen LogP) is 4.27. The van der Waals surface area contributed by atoms with Crippen LogP contribution in [0.1, 0.15) is 44.7 Å². The number of thiazole rings is 1. The van der Waals surface area contributed by atoms with Gasteiger partial charge in [0.1, 0.15) is 12.4 Å². The van der Waals surface area contributed by atoms with E-state index in [1.54, 1.807) is 10.3 Å². The topological polar surface area (TPSA) is 76.6 Å². The van der Waals surface area contributed by atoms with Crippen molar-refractivity contribution >= 4 is 39.8 Å². The zero-order chi connectivity index (χ0) is 20.4. The summed E-state index contributed by atoms with van der Waals surface area (Å²) in [5, 5.41) is 2.35. The average Bonchev–Trinajstić information content (AvgIpc) is 3.15. The van der Waals surface area contributed by atoms with Crippen molar-refractivity contribution in [2.45, 2.75) is 45.6 Å². The summed E-state index contributed by atoms with van der Waals surface area (Å²) in [5.74, 6) is -0.168. The van der Waals surface area contributed by atoms with Gasteiger partial charge in [0.25, 0.3) is 0 Å². The Kier molecular flexibility index (Phi) is 5.76. The molecular formula is C22H24N2O4S. The van der Waals surface area contributed by atoms with E-state index in [4.69, 9.17) is 4.74 Å². The minimum atomic E-state index is -0.240. The van der Waals surface area contributed by atoms with Gasteiger partial charge in [-0.3, -0.25) is 19.3 Å². The van der Waals surface area contributed by atoms with Crippen LogP contribution in [-0.2, 0) is 25.7 Å². The van der Waals surface area contributed by atoms with Gasteiger partial charge in [0.05, 0.1) is 17.3 Å². The van der Waals surface area contributed by atoms with Crippen LogP contribution in [0.4, 0.5) is 10.8 Å². The number of esters is 1. The van der Waals surface area contributed by atoms with Crippen LogP contribution in [-0.4, -0.2) is 22.6 Å². The molecule has 1 heterocycles. The number of nitrogens with zero attached hydrogens (tertiary/aromatic N) is 2. The van der Waals surface area contributed by atoms with Crippen LogP contribution >= 0.6 is 11.3 Å². The summed E-state index contributed by atoms with van der Waals surface area (Å²) in [4.78, 5) is 42.9. The van der Waals surface area contributed by atoms with Gasteiger partial charge in [-0.05, 0) is 37.8 Å². The van der Waals surface area contributed by atoms with Gasteiger partial charge in [-0.2, -0.15) is 0 Å². The Bertz CT molecular complexity index is 895.